The summed E-state index contributed by atoms with van der Waals surface area (Å²) >= 11 is 0. The van der Waals surface area contributed by atoms with E-state index in [1.165, 1.54) is 6.21 Å². The maximum absolute atomic E-state index is 14.3. The van der Waals surface area contributed by atoms with Crippen LogP contribution < -0.4 is 5.32 Å². The van der Waals surface area contributed by atoms with Gasteiger partial charge >= 0.3 is 12.3 Å². The van der Waals surface area contributed by atoms with Crippen molar-refractivity contribution in [1.29, 1.82) is 0 Å². The molecule has 2 saturated carbocycles. The number of fused-ring (bicyclic) bond motifs is 4. The minimum atomic E-state index is -4.72. The molecular formula is C29H33F3N2O4. The summed E-state index contributed by atoms with van der Waals surface area (Å²) < 4.78 is 43.0. The third-order valence-corrected chi connectivity index (χ3v) is 9.35. The van der Waals surface area contributed by atoms with Crippen molar-refractivity contribution >= 4 is 18.1 Å². The third kappa shape index (κ3) is 4.28. The highest BCUT2D eigenvalue weighted by molar-refractivity contribution is 5.93. The number of nitrogens with one attached hydrogen (secondary N) is 1. The summed E-state index contributed by atoms with van der Waals surface area (Å²) in [4.78, 5) is 28.3. The molecule has 4 aliphatic rings. The van der Waals surface area contributed by atoms with Crippen LogP contribution in [0.2, 0.25) is 0 Å². The average molecular weight is 531 g/mol. The minimum Gasteiger partial charge on any atom is -0.380 e. The van der Waals surface area contributed by atoms with Crippen molar-refractivity contribution in [2.45, 2.75) is 76.5 Å². The van der Waals surface area contributed by atoms with Crippen LogP contribution in [-0.2, 0) is 9.63 Å². The normalized spacial score (nSPS) is 32.9. The lowest BCUT2D eigenvalue weighted by atomic mass is 9.51. The summed E-state index contributed by atoms with van der Waals surface area (Å²) in [5.74, 6) is -0.546. The van der Waals surface area contributed by atoms with Crippen molar-refractivity contribution in [3.63, 3.8) is 0 Å². The molecule has 0 aliphatic heterocycles. The molecule has 38 heavy (non-hydrogen) atoms. The number of amides is 1. The largest absolute Gasteiger partial charge is 0.433 e. The van der Waals surface area contributed by atoms with Crippen LogP contribution in [0, 0.1) is 17.3 Å². The molecule has 9 heteroatoms. The number of rotatable bonds is 4. The van der Waals surface area contributed by atoms with E-state index in [9.17, 15) is 27.9 Å². The molecular weight excluding hydrogens is 497 g/mol. The smallest absolute Gasteiger partial charge is 0.380 e. The first-order valence-corrected chi connectivity index (χ1v) is 13.3. The molecule has 204 valence electrons. The Morgan fingerprint density at radius 2 is 1.95 bits per heavy atom. The van der Waals surface area contributed by atoms with Crippen LogP contribution in [0.3, 0.4) is 0 Å². The summed E-state index contributed by atoms with van der Waals surface area (Å²) in [6.45, 7) is 3.80. The van der Waals surface area contributed by atoms with Crippen LogP contribution in [0.4, 0.5) is 18.0 Å². The molecule has 1 aromatic carbocycles. The number of carbonyl (C=O) groups is 2. The van der Waals surface area contributed by atoms with Crippen LogP contribution in [0.25, 0.3) is 0 Å². The Morgan fingerprint density at radius 1 is 1.21 bits per heavy atom. The topological polar surface area (TPSA) is 88.0 Å². The van der Waals surface area contributed by atoms with E-state index in [0.717, 1.165) is 22.3 Å². The van der Waals surface area contributed by atoms with Gasteiger partial charge in [-0.05, 0) is 85.6 Å². The quantitative estimate of drug-likeness (QED) is 0.286. The summed E-state index contributed by atoms with van der Waals surface area (Å²) in [5.41, 5.74) is 0.802. The Labute approximate surface area is 220 Å². The second-order valence-electron chi connectivity index (χ2n) is 11.2. The van der Waals surface area contributed by atoms with Gasteiger partial charge in [0.25, 0.3) is 0 Å². The van der Waals surface area contributed by atoms with Gasteiger partial charge in [0.15, 0.2) is 11.4 Å². The van der Waals surface area contributed by atoms with Crippen LogP contribution in [0.1, 0.15) is 75.8 Å². The van der Waals surface area contributed by atoms with E-state index < -0.39 is 23.3 Å². The number of carbonyl (C=O) groups excluding carboxylic acids is 2. The molecule has 0 bridgehead atoms. The van der Waals surface area contributed by atoms with E-state index in [-0.39, 0.29) is 36.4 Å². The molecule has 1 amide bonds. The van der Waals surface area contributed by atoms with Gasteiger partial charge in [-0.1, -0.05) is 41.9 Å². The first kappa shape index (κ1) is 26.7. The first-order chi connectivity index (χ1) is 18.0. The Bertz CT molecular complexity index is 1220. The van der Waals surface area contributed by atoms with Gasteiger partial charge in [-0.2, -0.15) is 13.2 Å². The molecule has 2 unspecified atom stereocenters. The third-order valence-electron chi connectivity index (χ3n) is 9.35. The number of alkyl halides is 3. The molecule has 2 fully saturated rings. The van der Waals surface area contributed by atoms with Gasteiger partial charge in [0.05, 0.1) is 6.21 Å². The van der Waals surface area contributed by atoms with Crippen LogP contribution >= 0.6 is 0 Å². The van der Waals surface area contributed by atoms with Crippen molar-refractivity contribution in [2.24, 2.45) is 22.4 Å². The molecule has 0 saturated heterocycles. The highest BCUT2D eigenvalue weighted by Gasteiger charge is 2.72. The number of aliphatic hydroxyl groups is 1. The highest BCUT2D eigenvalue weighted by Crippen LogP contribution is 2.69. The second kappa shape index (κ2) is 9.67. The fraction of sp³-hybridized carbons (Fsp3) is 0.552. The second-order valence-corrected chi connectivity index (χ2v) is 11.2. The molecule has 0 radical (unpaired) electrons. The zero-order chi connectivity index (χ0) is 27.3. The Kier molecular flexibility index (Phi) is 6.78. The highest BCUT2D eigenvalue weighted by atomic mass is 19.4. The van der Waals surface area contributed by atoms with Crippen molar-refractivity contribution < 1.29 is 32.7 Å². The molecule has 5 rings (SSSR count). The number of allylic oxidation sites excluding steroid dienone is 4. The predicted octanol–water partition coefficient (Wildman–Crippen LogP) is 5.96. The summed E-state index contributed by atoms with van der Waals surface area (Å²) in [7, 11) is 0. The molecule has 0 spiro atoms. The standard InChI is InChI=1S/C29H33F3N2O4/c1-3-33-26(36)38-34-16-17-4-6-18(7-5-17)23-15-27(2)24(12-13-28(27,37)29(30,31)32)22-10-8-19-14-20(35)9-11-21(19)25(22)23/h4-7,14,16,22-24,37H,3,8-13,15H2,1-2H3,(H,33,36)/b34-16+/t22?,23-,24?,27+,28+/m1/s1. The summed E-state index contributed by atoms with van der Waals surface area (Å²) in [6.07, 6.45) is 0.364. The van der Waals surface area contributed by atoms with Crippen molar-refractivity contribution in [3.8, 4) is 0 Å². The molecule has 2 N–H and O–H groups in total. The van der Waals surface area contributed by atoms with Crippen molar-refractivity contribution in [2.75, 3.05) is 6.54 Å². The number of oxime groups is 1. The van der Waals surface area contributed by atoms with Gasteiger partial charge in [0.1, 0.15) is 0 Å². The number of halogens is 3. The maximum Gasteiger partial charge on any atom is 0.433 e. The van der Waals surface area contributed by atoms with Gasteiger partial charge < -0.3 is 10.4 Å². The van der Waals surface area contributed by atoms with Crippen LogP contribution in [-0.4, -0.2) is 41.5 Å². The molecule has 0 heterocycles. The zero-order valence-corrected chi connectivity index (χ0v) is 21.6. The number of ketones is 1. The van der Waals surface area contributed by atoms with Crippen molar-refractivity contribution in [1.82, 2.24) is 5.32 Å². The number of hydrogen-bond donors (Lipinski definition) is 2. The molecule has 1 aromatic rings. The van der Waals surface area contributed by atoms with Gasteiger partial charge in [-0.3, -0.25) is 9.63 Å². The lowest BCUT2D eigenvalue weighted by molar-refractivity contribution is -0.299. The summed E-state index contributed by atoms with van der Waals surface area (Å²) in [6, 6.07) is 7.34. The van der Waals surface area contributed by atoms with Gasteiger partial charge in [0.2, 0.25) is 0 Å². The van der Waals surface area contributed by atoms with E-state index in [1.54, 1.807) is 32.1 Å². The zero-order valence-electron chi connectivity index (χ0n) is 21.6. The maximum atomic E-state index is 14.3. The molecule has 5 atom stereocenters. The van der Waals surface area contributed by atoms with E-state index in [2.05, 4.69) is 10.5 Å². The van der Waals surface area contributed by atoms with Crippen LogP contribution in [0.15, 0.2) is 52.2 Å². The van der Waals surface area contributed by atoms with Gasteiger partial charge in [0, 0.05) is 24.3 Å². The number of benzene rings is 1. The van der Waals surface area contributed by atoms with E-state index in [0.29, 0.717) is 44.2 Å². The number of nitrogens with zero attached hydrogens (tertiary/aromatic N) is 1. The lowest BCUT2D eigenvalue weighted by Gasteiger charge is -2.55. The summed E-state index contributed by atoms with van der Waals surface area (Å²) in [5, 5.41) is 17.3. The Morgan fingerprint density at radius 3 is 2.63 bits per heavy atom. The van der Waals surface area contributed by atoms with Gasteiger partial charge in [-0.15, -0.1) is 0 Å². The van der Waals surface area contributed by atoms with Crippen molar-refractivity contribution in [3.05, 3.63) is 58.2 Å². The molecule has 0 aromatic heterocycles. The number of hydrogen-bond acceptors (Lipinski definition) is 5. The molecule has 6 nitrogen and oxygen atoms in total. The van der Waals surface area contributed by atoms with E-state index in [1.807, 2.05) is 12.1 Å². The van der Waals surface area contributed by atoms with E-state index >= 15 is 0 Å². The predicted molar refractivity (Wildman–Crippen MR) is 135 cm³/mol. The van der Waals surface area contributed by atoms with E-state index in [4.69, 9.17) is 4.84 Å². The Balaban J connectivity index is 1.54. The Hall–Kier alpha value is -2.94. The monoisotopic (exact) mass is 530 g/mol. The fourth-order valence-electron chi connectivity index (χ4n) is 7.56. The minimum absolute atomic E-state index is 0.0674. The fourth-order valence-corrected chi connectivity index (χ4v) is 7.56. The lowest BCUT2D eigenvalue weighted by Crippen LogP contribution is -2.58. The SMILES string of the molecule is CCNC(=O)O/N=C/c1ccc([C@H]2C[C@@]3(C)C(CC[C@@]3(O)C(F)(F)F)C3CCC4=CC(=O)CCC4=C32)cc1. The first-order valence-electron chi connectivity index (χ1n) is 13.3. The van der Waals surface area contributed by atoms with Gasteiger partial charge in [-0.25, -0.2) is 4.79 Å². The van der Waals surface area contributed by atoms with Crippen LogP contribution in [0.5, 0.6) is 0 Å². The average Bonchev–Trinajstić information content (AvgIpc) is 3.15. The molecule has 4 aliphatic carbocycles.